The first-order valence-corrected chi connectivity index (χ1v) is 7.49. The number of carbonyl (C=O) groups excluding carboxylic acids is 1. The van der Waals surface area contributed by atoms with Crippen molar-refractivity contribution in [1.29, 1.82) is 0 Å². The molecule has 0 spiro atoms. The van der Waals surface area contributed by atoms with Crippen LogP contribution in [0.2, 0.25) is 5.02 Å². The number of benzene rings is 1. The van der Waals surface area contributed by atoms with Crippen molar-refractivity contribution in [3.63, 3.8) is 0 Å². The van der Waals surface area contributed by atoms with Gasteiger partial charge in [-0.3, -0.25) is 4.79 Å². The Labute approximate surface area is 117 Å². The Balaban J connectivity index is 2.99. The van der Waals surface area contributed by atoms with Crippen LogP contribution in [0.3, 0.4) is 0 Å². The summed E-state index contributed by atoms with van der Waals surface area (Å²) in [6, 6.07) is 3.23. The van der Waals surface area contributed by atoms with Gasteiger partial charge in [0.2, 0.25) is 15.9 Å². The van der Waals surface area contributed by atoms with E-state index >= 15 is 0 Å². The van der Waals surface area contributed by atoms with E-state index in [4.69, 9.17) is 17.3 Å². The van der Waals surface area contributed by atoms with Gasteiger partial charge in [0.05, 0.1) is 11.1 Å². The van der Waals surface area contributed by atoms with E-state index in [0.29, 0.717) is 6.54 Å². The molecule has 8 heteroatoms. The summed E-state index contributed by atoms with van der Waals surface area (Å²) in [5, 5.41) is 2.57. The second-order valence-electron chi connectivity index (χ2n) is 3.93. The lowest BCUT2D eigenvalue weighted by molar-refractivity contribution is -0.122. The van der Waals surface area contributed by atoms with Gasteiger partial charge in [-0.1, -0.05) is 11.6 Å². The van der Waals surface area contributed by atoms with Gasteiger partial charge in [0.1, 0.15) is 4.90 Å². The molecule has 1 aromatic rings. The number of nitrogen functional groups attached to an aromatic ring is 1. The zero-order valence-corrected chi connectivity index (χ0v) is 12.2. The lowest BCUT2D eigenvalue weighted by Crippen LogP contribution is -2.44. The molecule has 0 aliphatic heterocycles. The van der Waals surface area contributed by atoms with E-state index < -0.39 is 22.0 Å². The van der Waals surface area contributed by atoms with Gasteiger partial charge in [-0.25, -0.2) is 8.42 Å². The largest absolute Gasteiger partial charge is 0.399 e. The number of amides is 1. The van der Waals surface area contributed by atoms with E-state index in [2.05, 4.69) is 10.0 Å². The summed E-state index contributed by atoms with van der Waals surface area (Å²) in [5.41, 5.74) is 5.81. The molecule has 1 rings (SSSR count). The number of likely N-dealkylation sites (N-methyl/N-ethyl adjacent to an activating group) is 1. The lowest BCUT2D eigenvalue weighted by Gasteiger charge is -2.14. The molecule has 1 amide bonds. The van der Waals surface area contributed by atoms with Gasteiger partial charge in [-0.2, -0.15) is 4.72 Å². The number of hydrogen-bond donors (Lipinski definition) is 3. The molecule has 0 aliphatic carbocycles. The Morgan fingerprint density at radius 1 is 1.47 bits per heavy atom. The van der Waals surface area contributed by atoms with Crippen LogP contribution in [-0.4, -0.2) is 26.9 Å². The van der Waals surface area contributed by atoms with Crippen LogP contribution in [0.25, 0.3) is 0 Å². The maximum Gasteiger partial charge on any atom is 0.242 e. The fourth-order valence-electron chi connectivity index (χ4n) is 1.40. The molecule has 1 unspecified atom stereocenters. The van der Waals surface area contributed by atoms with Gasteiger partial charge >= 0.3 is 0 Å². The van der Waals surface area contributed by atoms with E-state index in [9.17, 15) is 13.2 Å². The molecular weight excluding hydrogens is 290 g/mol. The van der Waals surface area contributed by atoms with Crippen molar-refractivity contribution in [2.75, 3.05) is 12.3 Å². The molecule has 0 radical (unpaired) electrons. The molecule has 0 saturated carbocycles. The van der Waals surface area contributed by atoms with Crippen LogP contribution in [-0.2, 0) is 14.8 Å². The van der Waals surface area contributed by atoms with Crippen molar-refractivity contribution in [2.45, 2.75) is 24.8 Å². The zero-order valence-electron chi connectivity index (χ0n) is 10.6. The summed E-state index contributed by atoms with van der Waals surface area (Å²) >= 11 is 5.83. The second-order valence-corrected chi connectivity index (χ2v) is 6.02. The van der Waals surface area contributed by atoms with Gasteiger partial charge < -0.3 is 11.1 Å². The molecule has 0 aromatic heterocycles. The molecular formula is C11H16ClN3O3S. The fourth-order valence-corrected chi connectivity index (χ4v) is 3.14. The average Bonchev–Trinajstić information content (AvgIpc) is 2.31. The standard InChI is InChI=1S/C11H16ClN3O3S/c1-3-14-11(16)7(2)15-19(17,18)10-6-8(13)4-5-9(10)12/h4-7,15H,3,13H2,1-2H3,(H,14,16). The molecule has 0 saturated heterocycles. The average molecular weight is 306 g/mol. The van der Waals surface area contributed by atoms with E-state index in [-0.39, 0.29) is 15.6 Å². The first-order chi connectivity index (χ1) is 8.77. The monoisotopic (exact) mass is 305 g/mol. The van der Waals surface area contributed by atoms with Crippen LogP contribution >= 0.6 is 11.6 Å². The number of carbonyl (C=O) groups is 1. The predicted octanol–water partition coefficient (Wildman–Crippen LogP) is 0.725. The summed E-state index contributed by atoms with van der Waals surface area (Å²) in [5.74, 6) is -0.411. The summed E-state index contributed by atoms with van der Waals surface area (Å²) in [6.07, 6.45) is 0. The molecule has 0 heterocycles. The number of rotatable bonds is 5. The minimum absolute atomic E-state index is 0.0461. The quantitative estimate of drug-likeness (QED) is 0.698. The second kappa shape index (κ2) is 6.23. The van der Waals surface area contributed by atoms with Crippen LogP contribution in [0.15, 0.2) is 23.1 Å². The van der Waals surface area contributed by atoms with Crippen LogP contribution in [0.5, 0.6) is 0 Å². The lowest BCUT2D eigenvalue weighted by atomic mass is 10.3. The Morgan fingerprint density at radius 2 is 2.11 bits per heavy atom. The van der Waals surface area contributed by atoms with Gasteiger partial charge in [0, 0.05) is 12.2 Å². The Kier molecular flexibility index (Phi) is 5.16. The third kappa shape index (κ3) is 4.09. The summed E-state index contributed by atoms with van der Waals surface area (Å²) in [4.78, 5) is 11.4. The van der Waals surface area contributed by atoms with Crippen molar-refractivity contribution < 1.29 is 13.2 Å². The van der Waals surface area contributed by atoms with E-state index in [0.717, 1.165) is 0 Å². The summed E-state index contributed by atoms with van der Waals surface area (Å²) in [7, 11) is -3.90. The number of hydrogen-bond acceptors (Lipinski definition) is 4. The zero-order chi connectivity index (χ0) is 14.6. The van der Waals surface area contributed by atoms with Crippen molar-refractivity contribution in [1.82, 2.24) is 10.0 Å². The number of halogens is 1. The molecule has 0 fully saturated rings. The number of anilines is 1. The van der Waals surface area contributed by atoms with Crippen molar-refractivity contribution in [3.8, 4) is 0 Å². The smallest absolute Gasteiger partial charge is 0.242 e. The highest BCUT2D eigenvalue weighted by molar-refractivity contribution is 7.89. The minimum atomic E-state index is -3.90. The Morgan fingerprint density at radius 3 is 2.68 bits per heavy atom. The Hall–Kier alpha value is -1.31. The van der Waals surface area contributed by atoms with Crippen LogP contribution in [0.1, 0.15) is 13.8 Å². The summed E-state index contributed by atoms with van der Waals surface area (Å²) < 4.78 is 26.4. The van der Waals surface area contributed by atoms with Crippen molar-refractivity contribution in [3.05, 3.63) is 23.2 Å². The molecule has 1 aromatic carbocycles. The third-order valence-electron chi connectivity index (χ3n) is 2.32. The molecule has 0 aliphatic rings. The summed E-state index contributed by atoms with van der Waals surface area (Å²) in [6.45, 7) is 3.61. The Bertz CT molecular complexity index is 575. The predicted molar refractivity (Wildman–Crippen MR) is 74.3 cm³/mol. The van der Waals surface area contributed by atoms with Gasteiger partial charge in [0.25, 0.3) is 0 Å². The van der Waals surface area contributed by atoms with E-state index in [1.165, 1.54) is 25.1 Å². The normalized spacial score (nSPS) is 13.0. The van der Waals surface area contributed by atoms with Gasteiger partial charge in [-0.15, -0.1) is 0 Å². The van der Waals surface area contributed by atoms with Gasteiger partial charge in [0.15, 0.2) is 0 Å². The number of nitrogens with one attached hydrogen (secondary N) is 2. The number of sulfonamides is 1. The highest BCUT2D eigenvalue weighted by Crippen LogP contribution is 2.23. The highest BCUT2D eigenvalue weighted by Gasteiger charge is 2.23. The molecule has 4 N–H and O–H groups in total. The maximum absolute atomic E-state index is 12.1. The molecule has 6 nitrogen and oxygen atoms in total. The maximum atomic E-state index is 12.1. The van der Waals surface area contributed by atoms with E-state index in [1.807, 2.05) is 0 Å². The SMILES string of the molecule is CCNC(=O)C(C)NS(=O)(=O)c1cc(N)ccc1Cl. The van der Waals surface area contributed by atoms with Crippen molar-refractivity contribution >= 4 is 33.2 Å². The van der Waals surface area contributed by atoms with E-state index in [1.54, 1.807) is 6.92 Å². The van der Waals surface area contributed by atoms with Crippen molar-refractivity contribution in [2.24, 2.45) is 0 Å². The molecule has 106 valence electrons. The minimum Gasteiger partial charge on any atom is -0.399 e. The third-order valence-corrected chi connectivity index (χ3v) is 4.34. The molecule has 19 heavy (non-hydrogen) atoms. The first-order valence-electron chi connectivity index (χ1n) is 5.63. The van der Waals surface area contributed by atoms with Crippen LogP contribution < -0.4 is 15.8 Å². The number of nitrogens with two attached hydrogens (primary N) is 1. The fraction of sp³-hybridized carbons (Fsp3) is 0.364. The van der Waals surface area contributed by atoms with Crippen LogP contribution in [0, 0.1) is 0 Å². The molecule has 0 bridgehead atoms. The van der Waals surface area contributed by atoms with Gasteiger partial charge in [-0.05, 0) is 32.0 Å². The first kappa shape index (κ1) is 15.7. The topological polar surface area (TPSA) is 101 Å². The molecule has 1 atom stereocenters. The van der Waals surface area contributed by atoms with Crippen LogP contribution in [0.4, 0.5) is 5.69 Å². The highest BCUT2D eigenvalue weighted by atomic mass is 35.5.